The Kier molecular flexibility index (Phi) is 3.87. The first-order valence-electron chi connectivity index (χ1n) is 6.93. The van der Waals surface area contributed by atoms with Crippen LogP contribution in [0.5, 0.6) is 0 Å². The van der Waals surface area contributed by atoms with Gasteiger partial charge in [-0.25, -0.2) is 4.79 Å². The van der Waals surface area contributed by atoms with Gasteiger partial charge in [-0.15, -0.1) is 0 Å². The fourth-order valence-corrected chi connectivity index (χ4v) is 2.21. The average molecular weight is 292 g/mol. The van der Waals surface area contributed by atoms with Crippen LogP contribution in [0, 0.1) is 0 Å². The molecule has 110 valence electrons. The van der Waals surface area contributed by atoms with Gasteiger partial charge >= 0.3 is 6.03 Å². The van der Waals surface area contributed by atoms with Crippen molar-refractivity contribution in [3.63, 3.8) is 0 Å². The SMILES string of the molecule is Cn1cc(-c2ccccc2NC(=O)Nc2ccccc2)cn1. The number of hydrogen-bond donors (Lipinski definition) is 2. The van der Waals surface area contributed by atoms with E-state index in [0.29, 0.717) is 0 Å². The van der Waals surface area contributed by atoms with E-state index in [4.69, 9.17) is 0 Å². The Morgan fingerprint density at radius 3 is 2.45 bits per heavy atom. The number of anilines is 2. The summed E-state index contributed by atoms with van der Waals surface area (Å²) >= 11 is 0. The van der Waals surface area contributed by atoms with Gasteiger partial charge in [-0.05, 0) is 18.2 Å². The summed E-state index contributed by atoms with van der Waals surface area (Å²) in [4.78, 5) is 12.1. The Bertz CT molecular complexity index is 780. The number of rotatable bonds is 3. The lowest BCUT2D eigenvalue weighted by atomic mass is 10.1. The standard InChI is InChI=1S/C17H16N4O/c1-21-12-13(11-18-21)15-9-5-6-10-16(15)20-17(22)19-14-7-3-2-4-8-14/h2-12H,1H3,(H2,19,20,22). The van der Waals surface area contributed by atoms with Gasteiger partial charge in [-0.1, -0.05) is 36.4 Å². The van der Waals surface area contributed by atoms with E-state index >= 15 is 0 Å². The molecule has 1 heterocycles. The van der Waals surface area contributed by atoms with E-state index in [1.54, 1.807) is 10.9 Å². The molecule has 0 atom stereocenters. The van der Waals surface area contributed by atoms with E-state index in [1.807, 2.05) is 67.8 Å². The molecule has 0 bridgehead atoms. The summed E-state index contributed by atoms with van der Waals surface area (Å²) < 4.78 is 1.73. The summed E-state index contributed by atoms with van der Waals surface area (Å²) in [5.74, 6) is 0. The van der Waals surface area contributed by atoms with Gasteiger partial charge in [-0.2, -0.15) is 5.10 Å². The first-order valence-corrected chi connectivity index (χ1v) is 6.93. The van der Waals surface area contributed by atoms with E-state index in [1.165, 1.54) is 0 Å². The van der Waals surface area contributed by atoms with E-state index in [-0.39, 0.29) is 6.03 Å². The smallest absolute Gasteiger partial charge is 0.308 e. The molecule has 1 aromatic heterocycles. The molecule has 0 radical (unpaired) electrons. The molecule has 2 N–H and O–H groups in total. The first-order chi connectivity index (χ1) is 10.7. The normalized spacial score (nSPS) is 10.2. The van der Waals surface area contributed by atoms with E-state index in [2.05, 4.69) is 15.7 Å². The Morgan fingerprint density at radius 1 is 1.00 bits per heavy atom. The highest BCUT2D eigenvalue weighted by Gasteiger charge is 2.09. The van der Waals surface area contributed by atoms with Crippen LogP contribution in [0.15, 0.2) is 67.0 Å². The topological polar surface area (TPSA) is 59.0 Å². The summed E-state index contributed by atoms with van der Waals surface area (Å²) in [6.07, 6.45) is 3.69. The molecule has 0 saturated heterocycles. The van der Waals surface area contributed by atoms with Crippen molar-refractivity contribution in [3.8, 4) is 11.1 Å². The summed E-state index contributed by atoms with van der Waals surface area (Å²) in [7, 11) is 1.86. The molecule has 0 spiro atoms. The fourth-order valence-electron chi connectivity index (χ4n) is 2.21. The summed E-state index contributed by atoms with van der Waals surface area (Å²) in [5.41, 5.74) is 3.37. The van der Waals surface area contributed by atoms with Gasteiger partial charge in [-0.3, -0.25) is 4.68 Å². The minimum Gasteiger partial charge on any atom is -0.308 e. The fraction of sp³-hybridized carbons (Fsp3) is 0.0588. The van der Waals surface area contributed by atoms with Crippen molar-refractivity contribution >= 4 is 17.4 Å². The zero-order valence-corrected chi connectivity index (χ0v) is 12.2. The predicted molar refractivity (Wildman–Crippen MR) is 87.7 cm³/mol. The van der Waals surface area contributed by atoms with Crippen LogP contribution < -0.4 is 10.6 Å². The zero-order chi connectivity index (χ0) is 15.4. The van der Waals surface area contributed by atoms with Crippen LogP contribution in [0.3, 0.4) is 0 Å². The number of urea groups is 1. The molecule has 0 aliphatic heterocycles. The minimum absolute atomic E-state index is 0.275. The lowest BCUT2D eigenvalue weighted by Gasteiger charge is -2.11. The summed E-state index contributed by atoms with van der Waals surface area (Å²) in [5, 5.41) is 9.85. The highest BCUT2D eigenvalue weighted by atomic mass is 16.2. The molecule has 0 unspecified atom stereocenters. The quantitative estimate of drug-likeness (QED) is 0.772. The number of benzene rings is 2. The molecule has 3 rings (SSSR count). The van der Waals surface area contributed by atoms with Crippen molar-refractivity contribution in [1.82, 2.24) is 9.78 Å². The zero-order valence-electron chi connectivity index (χ0n) is 12.2. The number of carbonyl (C=O) groups excluding carboxylic acids is 1. The van der Waals surface area contributed by atoms with Crippen LogP contribution in [-0.4, -0.2) is 15.8 Å². The van der Waals surface area contributed by atoms with Crippen LogP contribution >= 0.6 is 0 Å². The average Bonchev–Trinajstić information content (AvgIpc) is 2.95. The highest BCUT2D eigenvalue weighted by Crippen LogP contribution is 2.27. The Morgan fingerprint density at radius 2 is 1.73 bits per heavy atom. The number of amides is 2. The summed E-state index contributed by atoms with van der Waals surface area (Å²) in [6, 6.07) is 16.7. The third-order valence-electron chi connectivity index (χ3n) is 3.22. The van der Waals surface area contributed by atoms with Crippen LogP contribution in [-0.2, 0) is 7.05 Å². The molecule has 3 aromatic rings. The second-order valence-corrected chi connectivity index (χ2v) is 4.89. The predicted octanol–water partition coefficient (Wildman–Crippen LogP) is 3.73. The number of hydrogen-bond acceptors (Lipinski definition) is 2. The number of nitrogens with one attached hydrogen (secondary N) is 2. The summed E-state index contributed by atoms with van der Waals surface area (Å²) in [6.45, 7) is 0. The molecule has 22 heavy (non-hydrogen) atoms. The maximum atomic E-state index is 12.1. The molecule has 5 heteroatoms. The van der Waals surface area contributed by atoms with Crippen LogP contribution in [0.4, 0.5) is 16.2 Å². The van der Waals surface area contributed by atoms with Gasteiger partial charge in [0, 0.05) is 30.1 Å². The molecule has 0 aliphatic carbocycles. The molecule has 0 fully saturated rings. The maximum Gasteiger partial charge on any atom is 0.323 e. The Hall–Kier alpha value is -3.08. The van der Waals surface area contributed by atoms with Gasteiger partial charge in [0.2, 0.25) is 0 Å². The van der Waals surface area contributed by atoms with Gasteiger partial charge in [0.15, 0.2) is 0 Å². The van der Waals surface area contributed by atoms with Crippen LogP contribution in [0.2, 0.25) is 0 Å². The van der Waals surface area contributed by atoms with Crippen molar-refractivity contribution in [2.24, 2.45) is 7.05 Å². The molecular weight excluding hydrogens is 276 g/mol. The van der Waals surface area contributed by atoms with Gasteiger partial charge in [0.05, 0.1) is 11.9 Å². The van der Waals surface area contributed by atoms with Crippen molar-refractivity contribution in [1.29, 1.82) is 0 Å². The van der Waals surface area contributed by atoms with E-state index in [0.717, 1.165) is 22.5 Å². The second-order valence-electron chi connectivity index (χ2n) is 4.89. The van der Waals surface area contributed by atoms with Crippen LogP contribution in [0.1, 0.15) is 0 Å². The first kappa shape index (κ1) is 13.9. The van der Waals surface area contributed by atoms with Gasteiger partial charge in [0.25, 0.3) is 0 Å². The molecule has 5 nitrogen and oxygen atoms in total. The lowest BCUT2D eigenvalue weighted by molar-refractivity contribution is 0.262. The second kappa shape index (κ2) is 6.13. The van der Waals surface area contributed by atoms with E-state index < -0.39 is 0 Å². The van der Waals surface area contributed by atoms with Gasteiger partial charge in [0.1, 0.15) is 0 Å². The Labute approximate surface area is 128 Å². The van der Waals surface area contributed by atoms with Gasteiger partial charge < -0.3 is 10.6 Å². The maximum absolute atomic E-state index is 12.1. The Balaban J connectivity index is 1.79. The third-order valence-corrected chi connectivity index (χ3v) is 3.22. The number of aromatic nitrogens is 2. The monoisotopic (exact) mass is 292 g/mol. The molecule has 0 saturated carbocycles. The van der Waals surface area contributed by atoms with Crippen molar-refractivity contribution in [2.75, 3.05) is 10.6 Å². The lowest BCUT2D eigenvalue weighted by Crippen LogP contribution is -2.19. The number of nitrogens with zero attached hydrogens (tertiary/aromatic N) is 2. The molecule has 0 aliphatic rings. The minimum atomic E-state index is -0.275. The molecule has 2 amide bonds. The van der Waals surface area contributed by atoms with E-state index in [9.17, 15) is 4.79 Å². The number of para-hydroxylation sites is 2. The van der Waals surface area contributed by atoms with Crippen molar-refractivity contribution < 1.29 is 4.79 Å². The third kappa shape index (κ3) is 3.15. The van der Waals surface area contributed by atoms with Crippen LogP contribution in [0.25, 0.3) is 11.1 Å². The molecular formula is C17H16N4O. The van der Waals surface area contributed by atoms with Crippen molar-refractivity contribution in [3.05, 3.63) is 67.0 Å². The molecule has 2 aromatic carbocycles. The van der Waals surface area contributed by atoms with Crippen molar-refractivity contribution in [2.45, 2.75) is 0 Å². The number of aryl methyl sites for hydroxylation is 1. The number of carbonyl (C=O) groups is 1. The highest BCUT2D eigenvalue weighted by molar-refractivity contribution is 6.02. The largest absolute Gasteiger partial charge is 0.323 e.